The van der Waals surface area contributed by atoms with Gasteiger partial charge in [0, 0.05) is 23.8 Å². The number of phenols is 1. The molecule has 0 aliphatic carbocycles. The fraction of sp³-hybridized carbons (Fsp3) is 0.120. The van der Waals surface area contributed by atoms with Crippen LogP contribution in [0.1, 0.15) is 11.6 Å². The zero-order valence-corrected chi connectivity index (χ0v) is 17.0. The molecule has 0 spiro atoms. The highest BCUT2D eigenvalue weighted by molar-refractivity contribution is 5.86. The fourth-order valence-electron chi connectivity index (χ4n) is 3.38. The first-order chi connectivity index (χ1) is 15.5. The highest BCUT2D eigenvalue weighted by Crippen LogP contribution is 2.31. The van der Waals surface area contributed by atoms with E-state index in [2.05, 4.69) is 5.32 Å². The van der Waals surface area contributed by atoms with Crippen LogP contribution >= 0.6 is 0 Å². The maximum absolute atomic E-state index is 12.5. The number of rotatable bonds is 7. The quantitative estimate of drug-likeness (QED) is 0.414. The Bertz CT molecular complexity index is 1280. The van der Waals surface area contributed by atoms with Crippen molar-refractivity contribution in [2.75, 3.05) is 13.2 Å². The number of aromatic hydroxyl groups is 1. The van der Waals surface area contributed by atoms with Gasteiger partial charge in [-0.25, -0.2) is 0 Å². The normalized spacial score (nSPS) is 11.8. The molecule has 4 rings (SSSR count). The van der Waals surface area contributed by atoms with Crippen molar-refractivity contribution in [3.8, 4) is 22.8 Å². The molecule has 1 heterocycles. The Morgan fingerprint density at radius 1 is 1.00 bits per heavy atom. The Labute approximate surface area is 183 Å². The highest BCUT2D eigenvalue weighted by atomic mass is 16.5. The summed E-state index contributed by atoms with van der Waals surface area (Å²) in [6.07, 6.45) is 0. The molecule has 0 saturated carbocycles. The minimum atomic E-state index is -0.566. The Morgan fingerprint density at radius 3 is 2.38 bits per heavy atom. The van der Waals surface area contributed by atoms with Gasteiger partial charge in [-0.05, 0) is 5.56 Å². The van der Waals surface area contributed by atoms with E-state index in [1.165, 1.54) is 18.2 Å². The van der Waals surface area contributed by atoms with Crippen molar-refractivity contribution in [1.29, 1.82) is 0 Å². The molecule has 1 aromatic heterocycles. The van der Waals surface area contributed by atoms with E-state index in [0.29, 0.717) is 11.3 Å². The standard InChI is InChI=1S/C25H21NO6/c27-14-19(16-7-3-1-4-8-16)26-24(30)15-31-18-11-20(28)25-21(29)13-22(32-23(25)12-18)17-9-5-2-6-10-17/h1-13,19,27-28H,14-15H2,(H,26,30). The van der Waals surface area contributed by atoms with Crippen LogP contribution in [0, 0.1) is 0 Å². The average Bonchev–Trinajstić information content (AvgIpc) is 2.82. The number of aliphatic hydroxyl groups excluding tert-OH is 1. The summed E-state index contributed by atoms with van der Waals surface area (Å²) in [5, 5.41) is 22.6. The number of hydrogen-bond acceptors (Lipinski definition) is 6. The van der Waals surface area contributed by atoms with Crippen LogP contribution < -0.4 is 15.5 Å². The number of nitrogens with one attached hydrogen (secondary N) is 1. The largest absolute Gasteiger partial charge is 0.507 e. The monoisotopic (exact) mass is 431 g/mol. The van der Waals surface area contributed by atoms with Crippen LogP contribution in [0.5, 0.6) is 11.5 Å². The lowest BCUT2D eigenvalue weighted by Gasteiger charge is -2.17. The Balaban J connectivity index is 1.53. The number of phenolic OH excluding ortho intramolecular Hbond substituents is 1. The van der Waals surface area contributed by atoms with Crippen LogP contribution in [-0.2, 0) is 4.79 Å². The molecule has 0 fully saturated rings. The second-order valence-electron chi connectivity index (χ2n) is 7.16. The lowest BCUT2D eigenvalue weighted by Crippen LogP contribution is -2.34. The Kier molecular flexibility index (Phi) is 6.19. The van der Waals surface area contributed by atoms with Crippen LogP contribution in [0.4, 0.5) is 0 Å². The molecule has 4 aromatic rings. The Hall–Kier alpha value is -4.10. The first-order valence-electron chi connectivity index (χ1n) is 9.99. The van der Waals surface area contributed by atoms with E-state index in [1.807, 2.05) is 36.4 Å². The maximum atomic E-state index is 12.5. The number of amides is 1. The molecule has 3 aromatic carbocycles. The summed E-state index contributed by atoms with van der Waals surface area (Å²) >= 11 is 0. The molecule has 0 bridgehead atoms. The molecule has 0 aliphatic heterocycles. The van der Waals surface area contributed by atoms with Crippen molar-refractivity contribution in [1.82, 2.24) is 5.32 Å². The number of benzene rings is 3. The van der Waals surface area contributed by atoms with Gasteiger partial charge < -0.3 is 24.7 Å². The van der Waals surface area contributed by atoms with Crippen LogP contribution in [0.3, 0.4) is 0 Å². The van der Waals surface area contributed by atoms with Gasteiger partial charge in [0.2, 0.25) is 0 Å². The maximum Gasteiger partial charge on any atom is 0.258 e. The van der Waals surface area contributed by atoms with E-state index in [9.17, 15) is 19.8 Å². The molecular formula is C25H21NO6. The molecule has 0 aliphatic rings. The van der Waals surface area contributed by atoms with Crippen molar-refractivity contribution >= 4 is 16.9 Å². The molecule has 0 radical (unpaired) electrons. The predicted octanol–water partition coefficient (Wildman–Crippen LogP) is 3.39. The lowest BCUT2D eigenvalue weighted by molar-refractivity contribution is -0.124. The number of ether oxygens (including phenoxy) is 1. The summed E-state index contributed by atoms with van der Waals surface area (Å²) < 4.78 is 11.3. The van der Waals surface area contributed by atoms with Crippen molar-refractivity contribution < 1.29 is 24.2 Å². The SMILES string of the molecule is O=C(COc1cc(O)c2c(=O)cc(-c3ccccc3)oc2c1)NC(CO)c1ccccc1. The van der Waals surface area contributed by atoms with Gasteiger partial charge in [0.1, 0.15) is 28.2 Å². The predicted molar refractivity (Wildman–Crippen MR) is 119 cm³/mol. The van der Waals surface area contributed by atoms with Gasteiger partial charge in [-0.15, -0.1) is 0 Å². The van der Waals surface area contributed by atoms with Gasteiger partial charge in [-0.1, -0.05) is 60.7 Å². The van der Waals surface area contributed by atoms with Gasteiger partial charge >= 0.3 is 0 Å². The summed E-state index contributed by atoms with van der Waals surface area (Å²) in [5.74, 6) is -0.236. The second-order valence-corrected chi connectivity index (χ2v) is 7.16. The molecule has 1 atom stereocenters. The third kappa shape index (κ3) is 4.63. The topological polar surface area (TPSA) is 109 Å². The molecule has 1 amide bonds. The van der Waals surface area contributed by atoms with Gasteiger partial charge in [0.25, 0.3) is 5.91 Å². The van der Waals surface area contributed by atoms with Gasteiger partial charge in [0.15, 0.2) is 12.0 Å². The number of hydrogen-bond donors (Lipinski definition) is 3. The second kappa shape index (κ2) is 9.36. The zero-order chi connectivity index (χ0) is 22.5. The lowest BCUT2D eigenvalue weighted by atomic mass is 10.1. The van der Waals surface area contributed by atoms with Crippen molar-refractivity contribution in [3.05, 3.63) is 94.6 Å². The molecular weight excluding hydrogens is 410 g/mol. The van der Waals surface area contributed by atoms with E-state index in [1.54, 1.807) is 24.3 Å². The fourth-order valence-corrected chi connectivity index (χ4v) is 3.38. The highest BCUT2D eigenvalue weighted by Gasteiger charge is 2.16. The van der Waals surface area contributed by atoms with E-state index in [0.717, 1.165) is 5.56 Å². The molecule has 0 saturated heterocycles. The van der Waals surface area contributed by atoms with Crippen molar-refractivity contribution in [3.63, 3.8) is 0 Å². The van der Waals surface area contributed by atoms with Crippen LogP contribution in [0.25, 0.3) is 22.3 Å². The summed E-state index contributed by atoms with van der Waals surface area (Å²) in [7, 11) is 0. The van der Waals surface area contributed by atoms with Gasteiger partial charge in [-0.3, -0.25) is 9.59 Å². The molecule has 1 unspecified atom stereocenters. The van der Waals surface area contributed by atoms with E-state index >= 15 is 0 Å². The first kappa shape index (κ1) is 21.1. The third-order valence-electron chi connectivity index (χ3n) is 4.93. The number of fused-ring (bicyclic) bond motifs is 1. The van der Waals surface area contributed by atoms with E-state index in [-0.39, 0.29) is 41.1 Å². The molecule has 162 valence electrons. The van der Waals surface area contributed by atoms with Gasteiger partial charge in [-0.2, -0.15) is 0 Å². The van der Waals surface area contributed by atoms with Crippen LogP contribution in [0.2, 0.25) is 0 Å². The van der Waals surface area contributed by atoms with Gasteiger partial charge in [0.05, 0.1) is 12.6 Å². The molecule has 7 nitrogen and oxygen atoms in total. The summed E-state index contributed by atoms with van der Waals surface area (Å²) in [5.41, 5.74) is 1.24. The molecule has 7 heteroatoms. The van der Waals surface area contributed by atoms with Crippen LogP contribution in [0.15, 0.2) is 88.1 Å². The zero-order valence-electron chi connectivity index (χ0n) is 17.0. The molecule has 32 heavy (non-hydrogen) atoms. The Morgan fingerprint density at radius 2 is 1.69 bits per heavy atom. The number of aliphatic hydroxyl groups is 1. The average molecular weight is 431 g/mol. The first-order valence-corrected chi connectivity index (χ1v) is 9.99. The van der Waals surface area contributed by atoms with E-state index < -0.39 is 11.9 Å². The summed E-state index contributed by atoms with van der Waals surface area (Å²) in [6, 6.07) is 21.7. The molecule has 3 N–H and O–H groups in total. The van der Waals surface area contributed by atoms with Crippen molar-refractivity contribution in [2.24, 2.45) is 0 Å². The number of carbonyl (C=O) groups excluding carboxylic acids is 1. The minimum absolute atomic E-state index is 0.0332. The smallest absolute Gasteiger partial charge is 0.258 e. The third-order valence-corrected chi connectivity index (χ3v) is 4.93. The number of carbonyl (C=O) groups is 1. The summed E-state index contributed by atoms with van der Waals surface area (Å²) in [4.78, 5) is 24.8. The van der Waals surface area contributed by atoms with Crippen molar-refractivity contribution in [2.45, 2.75) is 6.04 Å². The minimum Gasteiger partial charge on any atom is -0.507 e. The summed E-state index contributed by atoms with van der Waals surface area (Å²) in [6.45, 7) is -0.614. The van der Waals surface area contributed by atoms with E-state index in [4.69, 9.17) is 9.15 Å². The van der Waals surface area contributed by atoms with Crippen LogP contribution in [-0.4, -0.2) is 29.3 Å².